The van der Waals surface area contributed by atoms with E-state index in [1.807, 2.05) is 47.4 Å². The van der Waals surface area contributed by atoms with Crippen molar-refractivity contribution in [2.75, 3.05) is 26.2 Å². The molecule has 2 unspecified atom stereocenters. The highest BCUT2D eigenvalue weighted by Crippen LogP contribution is 2.25. The van der Waals surface area contributed by atoms with Crippen molar-refractivity contribution < 1.29 is 14.4 Å². The molecule has 1 aliphatic carbocycles. The summed E-state index contributed by atoms with van der Waals surface area (Å²) in [6.45, 7) is 5.99. The van der Waals surface area contributed by atoms with Crippen molar-refractivity contribution in [3.63, 3.8) is 0 Å². The van der Waals surface area contributed by atoms with E-state index in [1.54, 1.807) is 6.92 Å². The van der Waals surface area contributed by atoms with Crippen molar-refractivity contribution in [3.05, 3.63) is 71.3 Å². The Morgan fingerprint density at radius 2 is 1.49 bits per heavy atom. The molecule has 4 N–H and O–H groups in total. The SMILES string of the molecule is CCC(=O)NC(Cc1ccc(CNC(=O)C(N)C2CCCCCC2)cc1)C(=O)N1CCN(Cc2ccccc2)CC1. The van der Waals surface area contributed by atoms with Crippen LogP contribution in [0.4, 0.5) is 0 Å². The van der Waals surface area contributed by atoms with Crippen molar-refractivity contribution in [3.8, 4) is 0 Å². The first-order valence-corrected chi connectivity index (χ1v) is 15.4. The predicted molar refractivity (Wildman–Crippen MR) is 162 cm³/mol. The molecule has 2 fully saturated rings. The number of benzene rings is 2. The van der Waals surface area contributed by atoms with Crippen LogP contribution in [0, 0.1) is 5.92 Å². The van der Waals surface area contributed by atoms with Gasteiger partial charge in [0, 0.05) is 52.1 Å². The Morgan fingerprint density at radius 1 is 0.854 bits per heavy atom. The van der Waals surface area contributed by atoms with Crippen LogP contribution in [0.1, 0.15) is 68.6 Å². The van der Waals surface area contributed by atoms with Crippen LogP contribution in [0.5, 0.6) is 0 Å². The maximum Gasteiger partial charge on any atom is 0.245 e. The van der Waals surface area contributed by atoms with Crippen molar-refractivity contribution in [2.45, 2.75) is 83.5 Å². The first-order chi connectivity index (χ1) is 19.9. The predicted octanol–water partition coefficient (Wildman–Crippen LogP) is 3.38. The van der Waals surface area contributed by atoms with E-state index in [-0.39, 0.29) is 23.6 Å². The highest BCUT2D eigenvalue weighted by molar-refractivity contribution is 5.88. The number of rotatable bonds is 11. The molecule has 2 atom stereocenters. The molecule has 3 amide bonds. The second-order valence-electron chi connectivity index (χ2n) is 11.6. The number of carbonyl (C=O) groups excluding carboxylic acids is 3. The summed E-state index contributed by atoms with van der Waals surface area (Å²) >= 11 is 0. The molecule has 4 rings (SSSR count). The molecule has 2 aliphatic rings. The maximum atomic E-state index is 13.5. The minimum atomic E-state index is -0.605. The number of hydrogen-bond acceptors (Lipinski definition) is 5. The van der Waals surface area contributed by atoms with Crippen molar-refractivity contribution in [1.29, 1.82) is 0 Å². The molecule has 0 radical (unpaired) electrons. The normalized spacial score (nSPS) is 18.2. The van der Waals surface area contributed by atoms with Crippen molar-refractivity contribution in [1.82, 2.24) is 20.4 Å². The summed E-state index contributed by atoms with van der Waals surface area (Å²) in [5.74, 6) is 0.0164. The minimum Gasteiger partial charge on any atom is -0.351 e. The molecule has 0 aromatic heterocycles. The molecule has 8 nitrogen and oxygen atoms in total. The largest absolute Gasteiger partial charge is 0.351 e. The van der Waals surface area contributed by atoms with E-state index < -0.39 is 12.1 Å². The van der Waals surface area contributed by atoms with Crippen LogP contribution in [0.15, 0.2) is 54.6 Å². The first kappa shape index (κ1) is 30.7. The second kappa shape index (κ2) is 15.7. The molecule has 1 aliphatic heterocycles. The number of carbonyl (C=O) groups is 3. The molecule has 222 valence electrons. The van der Waals surface area contributed by atoms with Gasteiger partial charge in [-0.05, 0) is 35.4 Å². The summed E-state index contributed by atoms with van der Waals surface area (Å²) in [6, 6.07) is 17.2. The summed E-state index contributed by atoms with van der Waals surface area (Å²) in [5, 5.41) is 5.96. The zero-order valence-corrected chi connectivity index (χ0v) is 24.5. The van der Waals surface area contributed by atoms with Gasteiger partial charge in [-0.1, -0.05) is 87.2 Å². The molecule has 2 aromatic carbocycles. The molecule has 0 bridgehead atoms. The van der Waals surface area contributed by atoms with E-state index >= 15 is 0 Å². The van der Waals surface area contributed by atoms with Gasteiger partial charge >= 0.3 is 0 Å². The second-order valence-corrected chi connectivity index (χ2v) is 11.6. The molecule has 1 saturated heterocycles. The Balaban J connectivity index is 1.29. The van der Waals surface area contributed by atoms with E-state index in [4.69, 9.17) is 5.73 Å². The third kappa shape index (κ3) is 9.40. The van der Waals surface area contributed by atoms with Crippen LogP contribution in [-0.4, -0.2) is 65.8 Å². The highest BCUT2D eigenvalue weighted by atomic mass is 16.2. The Labute approximate surface area is 245 Å². The molecule has 1 saturated carbocycles. The van der Waals surface area contributed by atoms with Crippen LogP contribution in [-0.2, 0) is 33.9 Å². The van der Waals surface area contributed by atoms with E-state index in [0.29, 0.717) is 32.5 Å². The van der Waals surface area contributed by atoms with E-state index in [9.17, 15) is 14.4 Å². The number of piperazine rings is 1. The Kier molecular flexibility index (Phi) is 11.8. The lowest BCUT2D eigenvalue weighted by atomic mass is 9.92. The molecule has 8 heteroatoms. The average Bonchev–Trinajstić information content (AvgIpc) is 3.30. The molecule has 0 spiro atoms. The van der Waals surface area contributed by atoms with E-state index in [0.717, 1.165) is 56.4 Å². The number of nitrogens with two attached hydrogens (primary N) is 1. The van der Waals surface area contributed by atoms with Crippen molar-refractivity contribution >= 4 is 17.7 Å². The van der Waals surface area contributed by atoms with Gasteiger partial charge in [0.2, 0.25) is 17.7 Å². The van der Waals surface area contributed by atoms with Gasteiger partial charge in [-0.15, -0.1) is 0 Å². The standard InChI is InChI=1S/C33H47N5O3/c1-2-30(39)36-29(33(41)38-20-18-37(19-21-38)24-27-10-6-5-7-11-27)22-25-14-16-26(17-15-25)23-35-32(40)31(34)28-12-8-3-4-9-13-28/h5-7,10-11,14-17,28-29,31H,2-4,8-9,12-13,18-24,34H2,1H3,(H,35,40)(H,36,39). The lowest BCUT2D eigenvalue weighted by molar-refractivity contribution is -0.138. The molecule has 2 aromatic rings. The Bertz CT molecular complexity index is 1110. The smallest absolute Gasteiger partial charge is 0.245 e. The summed E-state index contributed by atoms with van der Waals surface area (Å²) < 4.78 is 0. The minimum absolute atomic E-state index is 0.0324. The van der Waals surface area contributed by atoms with Crippen LogP contribution in [0.2, 0.25) is 0 Å². The number of nitrogens with zero attached hydrogens (tertiary/aromatic N) is 2. The Morgan fingerprint density at radius 3 is 2.12 bits per heavy atom. The van der Waals surface area contributed by atoms with Gasteiger partial charge in [-0.2, -0.15) is 0 Å². The van der Waals surface area contributed by atoms with Crippen LogP contribution in [0.25, 0.3) is 0 Å². The zero-order chi connectivity index (χ0) is 29.0. The van der Waals surface area contributed by atoms with Crippen molar-refractivity contribution in [2.24, 2.45) is 11.7 Å². The third-order valence-electron chi connectivity index (χ3n) is 8.53. The molecular formula is C33H47N5O3. The zero-order valence-electron chi connectivity index (χ0n) is 24.5. The van der Waals surface area contributed by atoms with Gasteiger partial charge in [0.05, 0.1) is 6.04 Å². The summed E-state index contributed by atoms with van der Waals surface area (Å²) in [7, 11) is 0. The summed E-state index contributed by atoms with van der Waals surface area (Å²) in [4.78, 5) is 42.7. The summed E-state index contributed by atoms with van der Waals surface area (Å²) in [6.07, 6.45) is 7.58. The van der Waals surface area contributed by atoms with Gasteiger partial charge in [0.15, 0.2) is 0 Å². The van der Waals surface area contributed by atoms with Crippen LogP contribution >= 0.6 is 0 Å². The fourth-order valence-electron chi connectivity index (χ4n) is 5.90. The average molecular weight is 562 g/mol. The quantitative estimate of drug-likeness (QED) is 0.365. The van der Waals surface area contributed by atoms with Gasteiger partial charge in [-0.25, -0.2) is 0 Å². The van der Waals surface area contributed by atoms with E-state index in [1.165, 1.54) is 18.4 Å². The van der Waals surface area contributed by atoms with Crippen LogP contribution < -0.4 is 16.4 Å². The lowest BCUT2D eigenvalue weighted by Crippen LogP contribution is -2.55. The monoisotopic (exact) mass is 561 g/mol. The molecule has 41 heavy (non-hydrogen) atoms. The molecular weight excluding hydrogens is 514 g/mol. The fourth-order valence-corrected chi connectivity index (χ4v) is 5.90. The van der Waals surface area contributed by atoms with E-state index in [2.05, 4.69) is 27.7 Å². The van der Waals surface area contributed by atoms with Crippen LogP contribution in [0.3, 0.4) is 0 Å². The van der Waals surface area contributed by atoms with Gasteiger partial charge in [-0.3, -0.25) is 19.3 Å². The molecule has 1 heterocycles. The van der Waals surface area contributed by atoms with Gasteiger partial charge < -0.3 is 21.3 Å². The Hall–Kier alpha value is -3.23. The van der Waals surface area contributed by atoms with Gasteiger partial charge in [0.1, 0.15) is 6.04 Å². The number of hydrogen-bond donors (Lipinski definition) is 3. The third-order valence-corrected chi connectivity index (χ3v) is 8.53. The number of amides is 3. The lowest BCUT2D eigenvalue weighted by Gasteiger charge is -2.36. The fraction of sp³-hybridized carbons (Fsp3) is 0.545. The summed E-state index contributed by atoms with van der Waals surface area (Å²) in [5.41, 5.74) is 9.51. The topological polar surface area (TPSA) is 108 Å². The maximum absolute atomic E-state index is 13.5. The van der Waals surface area contributed by atoms with Gasteiger partial charge in [0.25, 0.3) is 0 Å². The number of nitrogens with one attached hydrogen (secondary N) is 2. The highest BCUT2D eigenvalue weighted by Gasteiger charge is 2.29. The first-order valence-electron chi connectivity index (χ1n) is 15.4.